The molecule has 0 spiro atoms. The first-order chi connectivity index (χ1) is 10.3. The van der Waals surface area contributed by atoms with Gasteiger partial charge < -0.3 is 15.5 Å². The molecule has 1 fully saturated rings. The Labute approximate surface area is 124 Å². The Hall–Kier alpha value is -2.56. The van der Waals surface area contributed by atoms with Crippen molar-refractivity contribution in [1.82, 2.24) is 10.3 Å². The molecule has 2 heterocycles. The number of para-hydroxylation sites is 1. The summed E-state index contributed by atoms with van der Waals surface area (Å²) in [6.07, 6.45) is 4.26. The third-order valence-corrected chi connectivity index (χ3v) is 3.56. The molecule has 0 bridgehead atoms. The molecule has 108 valence electrons. The molecule has 5 nitrogen and oxygen atoms in total. The second-order valence-electron chi connectivity index (χ2n) is 5.11. The molecule has 0 saturated carbocycles. The number of nitrogens with one attached hydrogen (secondary N) is 2. The van der Waals surface area contributed by atoms with Crippen LogP contribution in [0.5, 0.6) is 0 Å². The molecule has 0 aliphatic carbocycles. The van der Waals surface area contributed by atoms with Crippen molar-refractivity contribution in [2.75, 3.05) is 23.3 Å². The highest BCUT2D eigenvalue weighted by Gasteiger charge is 2.23. The quantitative estimate of drug-likeness (QED) is 0.909. The van der Waals surface area contributed by atoms with Crippen molar-refractivity contribution in [2.45, 2.75) is 12.5 Å². The predicted molar refractivity (Wildman–Crippen MR) is 83.5 cm³/mol. The van der Waals surface area contributed by atoms with Crippen LogP contribution in [-0.2, 0) is 0 Å². The summed E-state index contributed by atoms with van der Waals surface area (Å²) in [5.74, 6) is 0. The standard InChI is InChI=1S/C16H18N4O/c21-16(18-13-5-4-9-17-11-13)19-14-8-10-20(12-14)15-6-2-1-3-7-15/h1-7,9,11,14H,8,10,12H2,(H2,18,19,21). The van der Waals surface area contributed by atoms with Crippen molar-refractivity contribution < 1.29 is 4.79 Å². The van der Waals surface area contributed by atoms with Crippen molar-refractivity contribution in [3.8, 4) is 0 Å². The van der Waals surface area contributed by atoms with Crippen molar-refractivity contribution in [3.63, 3.8) is 0 Å². The summed E-state index contributed by atoms with van der Waals surface area (Å²) in [5.41, 5.74) is 1.90. The van der Waals surface area contributed by atoms with E-state index in [0.717, 1.165) is 19.5 Å². The maximum Gasteiger partial charge on any atom is 0.319 e. The van der Waals surface area contributed by atoms with E-state index in [-0.39, 0.29) is 12.1 Å². The highest BCUT2D eigenvalue weighted by atomic mass is 16.2. The summed E-state index contributed by atoms with van der Waals surface area (Å²) in [6, 6.07) is 13.9. The van der Waals surface area contributed by atoms with Crippen LogP contribution in [0.1, 0.15) is 6.42 Å². The van der Waals surface area contributed by atoms with Gasteiger partial charge in [-0.05, 0) is 30.7 Å². The van der Waals surface area contributed by atoms with Crippen LogP contribution >= 0.6 is 0 Å². The maximum atomic E-state index is 11.9. The molecular formula is C16H18N4O. The summed E-state index contributed by atoms with van der Waals surface area (Å²) in [7, 11) is 0. The fourth-order valence-electron chi connectivity index (χ4n) is 2.54. The van der Waals surface area contributed by atoms with Gasteiger partial charge in [0.05, 0.1) is 11.9 Å². The number of rotatable bonds is 3. The number of aromatic nitrogens is 1. The summed E-state index contributed by atoms with van der Waals surface area (Å²) in [5, 5.41) is 5.80. The van der Waals surface area contributed by atoms with Gasteiger partial charge in [-0.25, -0.2) is 4.79 Å². The Morgan fingerprint density at radius 2 is 2.05 bits per heavy atom. The lowest BCUT2D eigenvalue weighted by molar-refractivity contribution is 0.249. The second kappa shape index (κ2) is 6.26. The highest BCUT2D eigenvalue weighted by Crippen LogP contribution is 2.19. The van der Waals surface area contributed by atoms with E-state index in [9.17, 15) is 4.79 Å². The van der Waals surface area contributed by atoms with Crippen LogP contribution in [0.15, 0.2) is 54.9 Å². The van der Waals surface area contributed by atoms with E-state index < -0.39 is 0 Å². The molecule has 2 aromatic rings. The van der Waals surface area contributed by atoms with Crippen LogP contribution in [0.4, 0.5) is 16.2 Å². The number of nitrogens with zero attached hydrogens (tertiary/aromatic N) is 2. The van der Waals surface area contributed by atoms with E-state index in [1.807, 2.05) is 24.3 Å². The molecule has 5 heteroatoms. The number of pyridine rings is 1. The first-order valence-corrected chi connectivity index (χ1v) is 7.09. The van der Waals surface area contributed by atoms with Gasteiger partial charge in [-0.3, -0.25) is 4.98 Å². The zero-order valence-electron chi connectivity index (χ0n) is 11.7. The molecule has 1 aromatic heterocycles. The Morgan fingerprint density at radius 1 is 1.19 bits per heavy atom. The van der Waals surface area contributed by atoms with E-state index in [4.69, 9.17) is 0 Å². The Bertz CT molecular complexity index is 588. The molecule has 1 atom stereocenters. The van der Waals surface area contributed by atoms with E-state index in [1.165, 1.54) is 5.69 Å². The minimum Gasteiger partial charge on any atom is -0.369 e. The summed E-state index contributed by atoms with van der Waals surface area (Å²) in [4.78, 5) is 18.2. The molecule has 2 amide bonds. The average Bonchev–Trinajstić information content (AvgIpc) is 2.97. The Morgan fingerprint density at radius 3 is 2.81 bits per heavy atom. The van der Waals surface area contributed by atoms with E-state index in [2.05, 4.69) is 32.7 Å². The molecule has 1 aliphatic heterocycles. The van der Waals surface area contributed by atoms with Crippen LogP contribution in [0.25, 0.3) is 0 Å². The normalized spacial score (nSPS) is 17.5. The molecule has 1 aromatic carbocycles. The van der Waals surface area contributed by atoms with Gasteiger partial charge in [-0.15, -0.1) is 0 Å². The SMILES string of the molecule is O=C(Nc1cccnc1)NC1CCN(c2ccccc2)C1. The lowest BCUT2D eigenvalue weighted by Crippen LogP contribution is -2.39. The largest absolute Gasteiger partial charge is 0.369 e. The Balaban J connectivity index is 1.52. The van der Waals surface area contributed by atoms with Gasteiger partial charge in [-0.2, -0.15) is 0 Å². The average molecular weight is 282 g/mol. The molecule has 1 aliphatic rings. The van der Waals surface area contributed by atoms with Crippen molar-refractivity contribution in [3.05, 3.63) is 54.9 Å². The predicted octanol–water partition coefficient (Wildman–Crippen LogP) is 2.48. The molecule has 1 saturated heterocycles. The fraction of sp³-hybridized carbons (Fsp3) is 0.250. The molecule has 1 unspecified atom stereocenters. The zero-order valence-corrected chi connectivity index (χ0v) is 11.7. The third kappa shape index (κ3) is 3.51. The van der Waals surface area contributed by atoms with Crippen LogP contribution < -0.4 is 15.5 Å². The zero-order chi connectivity index (χ0) is 14.5. The molecule has 2 N–H and O–H groups in total. The summed E-state index contributed by atoms with van der Waals surface area (Å²) >= 11 is 0. The fourth-order valence-corrected chi connectivity index (χ4v) is 2.54. The number of urea groups is 1. The number of hydrogen-bond donors (Lipinski definition) is 2. The first kappa shape index (κ1) is 13.4. The number of carbonyl (C=O) groups excluding carboxylic acids is 1. The van der Waals surface area contributed by atoms with Crippen LogP contribution in [0.2, 0.25) is 0 Å². The summed E-state index contributed by atoms with van der Waals surface area (Å²) < 4.78 is 0. The number of anilines is 2. The van der Waals surface area contributed by atoms with Gasteiger partial charge >= 0.3 is 6.03 Å². The van der Waals surface area contributed by atoms with Gasteiger partial charge in [0, 0.05) is 31.0 Å². The number of carbonyl (C=O) groups is 1. The lowest BCUT2D eigenvalue weighted by atomic mass is 10.3. The minimum atomic E-state index is -0.178. The van der Waals surface area contributed by atoms with Crippen molar-refractivity contribution >= 4 is 17.4 Å². The van der Waals surface area contributed by atoms with Gasteiger partial charge in [0.15, 0.2) is 0 Å². The topological polar surface area (TPSA) is 57.3 Å². The third-order valence-electron chi connectivity index (χ3n) is 3.56. The maximum absolute atomic E-state index is 11.9. The van der Waals surface area contributed by atoms with E-state index in [1.54, 1.807) is 18.5 Å². The van der Waals surface area contributed by atoms with Crippen LogP contribution in [-0.4, -0.2) is 30.1 Å². The molecule has 3 rings (SSSR count). The smallest absolute Gasteiger partial charge is 0.319 e. The van der Waals surface area contributed by atoms with Gasteiger partial charge in [0.1, 0.15) is 0 Å². The summed E-state index contributed by atoms with van der Waals surface area (Å²) in [6.45, 7) is 1.80. The van der Waals surface area contributed by atoms with Gasteiger partial charge in [-0.1, -0.05) is 18.2 Å². The van der Waals surface area contributed by atoms with E-state index in [0.29, 0.717) is 5.69 Å². The van der Waals surface area contributed by atoms with Crippen molar-refractivity contribution in [1.29, 1.82) is 0 Å². The molecular weight excluding hydrogens is 264 g/mol. The first-order valence-electron chi connectivity index (χ1n) is 7.09. The highest BCUT2D eigenvalue weighted by molar-refractivity contribution is 5.89. The number of hydrogen-bond acceptors (Lipinski definition) is 3. The number of amides is 2. The van der Waals surface area contributed by atoms with Crippen LogP contribution in [0, 0.1) is 0 Å². The van der Waals surface area contributed by atoms with Crippen molar-refractivity contribution in [2.24, 2.45) is 0 Å². The van der Waals surface area contributed by atoms with Gasteiger partial charge in [0.2, 0.25) is 0 Å². The van der Waals surface area contributed by atoms with E-state index >= 15 is 0 Å². The lowest BCUT2D eigenvalue weighted by Gasteiger charge is -2.19. The van der Waals surface area contributed by atoms with Crippen LogP contribution in [0.3, 0.4) is 0 Å². The molecule has 0 radical (unpaired) electrons. The number of benzene rings is 1. The second-order valence-corrected chi connectivity index (χ2v) is 5.11. The van der Waals surface area contributed by atoms with Gasteiger partial charge in [0.25, 0.3) is 0 Å². The molecule has 21 heavy (non-hydrogen) atoms. The monoisotopic (exact) mass is 282 g/mol. The Kier molecular flexibility index (Phi) is 4.00. The minimum absolute atomic E-state index is 0.168.